The normalized spacial score (nSPS) is 14.7. The molecule has 0 amide bonds. The first-order valence-electron chi connectivity index (χ1n) is 7.64. The van der Waals surface area contributed by atoms with Crippen LogP contribution in [0.3, 0.4) is 0 Å². The molecule has 2 aromatic heterocycles. The van der Waals surface area contributed by atoms with Gasteiger partial charge in [-0.3, -0.25) is 4.90 Å². The molecule has 0 spiro atoms. The van der Waals surface area contributed by atoms with Gasteiger partial charge in [-0.15, -0.1) is 11.3 Å². The number of thiophene rings is 1. The molecular formula is C18H16ClN3S. The first-order chi connectivity index (χ1) is 11.3. The predicted octanol–water partition coefficient (Wildman–Crippen LogP) is 4.42. The first kappa shape index (κ1) is 14.8. The van der Waals surface area contributed by atoms with Crippen molar-refractivity contribution in [2.45, 2.75) is 19.5 Å². The highest BCUT2D eigenvalue weighted by Crippen LogP contribution is 2.25. The van der Waals surface area contributed by atoms with E-state index in [-0.39, 0.29) is 0 Å². The number of hydrogen-bond acceptors (Lipinski definition) is 4. The molecule has 0 radical (unpaired) electrons. The Morgan fingerprint density at radius 1 is 1.17 bits per heavy atom. The highest BCUT2D eigenvalue weighted by Gasteiger charge is 2.19. The van der Waals surface area contributed by atoms with Crippen LogP contribution in [0.2, 0.25) is 5.02 Å². The average Bonchev–Trinajstić information content (AvgIpc) is 3.11. The van der Waals surface area contributed by atoms with Gasteiger partial charge in [-0.2, -0.15) is 0 Å². The van der Waals surface area contributed by atoms with Crippen molar-refractivity contribution in [2.24, 2.45) is 0 Å². The van der Waals surface area contributed by atoms with Gasteiger partial charge in [-0.05, 0) is 23.1 Å². The molecular weight excluding hydrogens is 326 g/mol. The zero-order valence-electron chi connectivity index (χ0n) is 12.6. The van der Waals surface area contributed by atoms with E-state index in [2.05, 4.69) is 27.4 Å². The third kappa shape index (κ3) is 3.15. The number of nitrogens with zero attached hydrogens (tertiary/aromatic N) is 3. The van der Waals surface area contributed by atoms with Crippen molar-refractivity contribution in [2.75, 3.05) is 6.54 Å². The van der Waals surface area contributed by atoms with Gasteiger partial charge in [0.1, 0.15) is 0 Å². The van der Waals surface area contributed by atoms with E-state index in [4.69, 9.17) is 16.6 Å². The molecule has 3 nitrogen and oxygen atoms in total. The molecule has 5 heteroatoms. The minimum Gasteiger partial charge on any atom is -0.294 e. The van der Waals surface area contributed by atoms with Crippen LogP contribution in [0.25, 0.3) is 10.7 Å². The Morgan fingerprint density at radius 3 is 2.91 bits per heavy atom. The van der Waals surface area contributed by atoms with Crippen molar-refractivity contribution in [3.8, 4) is 10.7 Å². The van der Waals surface area contributed by atoms with E-state index in [0.717, 1.165) is 41.8 Å². The van der Waals surface area contributed by atoms with Crippen molar-refractivity contribution in [1.82, 2.24) is 14.9 Å². The van der Waals surface area contributed by atoms with Crippen LogP contribution in [0.15, 0.2) is 48.0 Å². The van der Waals surface area contributed by atoms with Gasteiger partial charge in [0.15, 0.2) is 5.82 Å². The standard InChI is InChI=1S/C18H16ClN3S/c19-15-5-2-1-4-13(15)11-22-8-7-16-14(12-22)10-20-18(21-16)17-6-3-9-23-17/h1-6,9-10H,7-8,11-12H2. The Labute approximate surface area is 144 Å². The van der Waals surface area contributed by atoms with Crippen LogP contribution in [0.5, 0.6) is 0 Å². The zero-order valence-corrected chi connectivity index (χ0v) is 14.1. The molecule has 0 unspecified atom stereocenters. The molecule has 3 aromatic rings. The van der Waals surface area contributed by atoms with Gasteiger partial charge in [0, 0.05) is 42.8 Å². The Morgan fingerprint density at radius 2 is 2.09 bits per heavy atom. The van der Waals surface area contributed by atoms with Crippen LogP contribution >= 0.6 is 22.9 Å². The molecule has 0 fully saturated rings. The Hall–Kier alpha value is -1.75. The second kappa shape index (κ2) is 6.40. The number of hydrogen-bond donors (Lipinski definition) is 0. The maximum Gasteiger partial charge on any atom is 0.169 e. The summed E-state index contributed by atoms with van der Waals surface area (Å²) in [6, 6.07) is 12.2. The Bertz CT molecular complexity index is 817. The molecule has 1 aliphatic rings. The number of rotatable bonds is 3. The summed E-state index contributed by atoms with van der Waals surface area (Å²) < 4.78 is 0. The summed E-state index contributed by atoms with van der Waals surface area (Å²) in [5.74, 6) is 0.846. The number of fused-ring (bicyclic) bond motifs is 1. The van der Waals surface area contributed by atoms with Gasteiger partial charge in [0.05, 0.1) is 10.6 Å². The first-order valence-corrected chi connectivity index (χ1v) is 8.90. The number of benzene rings is 1. The quantitative estimate of drug-likeness (QED) is 0.706. The van der Waals surface area contributed by atoms with E-state index in [1.54, 1.807) is 11.3 Å². The highest BCUT2D eigenvalue weighted by molar-refractivity contribution is 7.13. The van der Waals surface area contributed by atoms with Crippen LogP contribution in [-0.2, 0) is 19.5 Å². The van der Waals surface area contributed by atoms with Crippen molar-refractivity contribution in [3.05, 3.63) is 69.8 Å². The lowest BCUT2D eigenvalue weighted by Gasteiger charge is -2.28. The zero-order chi connectivity index (χ0) is 15.6. The SMILES string of the molecule is Clc1ccccc1CN1CCc2nc(-c3cccs3)ncc2C1. The molecule has 0 atom stereocenters. The van der Waals surface area contributed by atoms with Crippen molar-refractivity contribution >= 4 is 22.9 Å². The minimum atomic E-state index is 0.836. The minimum absolute atomic E-state index is 0.836. The van der Waals surface area contributed by atoms with E-state index in [0.29, 0.717) is 0 Å². The summed E-state index contributed by atoms with van der Waals surface area (Å²) in [5.41, 5.74) is 3.58. The van der Waals surface area contributed by atoms with E-state index in [1.165, 1.54) is 16.8 Å². The van der Waals surface area contributed by atoms with Crippen LogP contribution in [-0.4, -0.2) is 21.4 Å². The second-order valence-corrected chi connectivity index (χ2v) is 7.05. The molecule has 3 heterocycles. The van der Waals surface area contributed by atoms with Crippen LogP contribution in [0.4, 0.5) is 0 Å². The van der Waals surface area contributed by atoms with Gasteiger partial charge in [0.2, 0.25) is 0 Å². The fourth-order valence-electron chi connectivity index (χ4n) is 2.90. The van der Waals surface area contributed by atoms with E-state index < -0.39 is 0 Å². The fourth-order valence-corrected chi connectivity index (χ4v) is 3.76. The largest absolute Gasteiger partial charge is 0.294 e. The highest BCUT2D eigenvalue weighted by atomic mass is 35.5. The molecule has 116 valence electrons. The van der Waals surface area contributed by atoms with Crippen LogP contribution in [0.1, 0.15) is 16.8 Å². The molecule has 0 bridgehead atoms. The second-order valence-electron chi connectivity index (χ2n) is 5.69. The topological polar surface area (TPSA) is 29.0 Å². The van der Waals surface area contributed by atoms with Gasteiger partial charge < -0.3 is 0 Å². The fraction of sp³-hybridized carbons (Fsp3) is 0.222. The lowest BCUT2D eigenvalue weighted by molar-refractivity contribution is 0.243. The molecule has 0 saturated carbocycles. The van der Waals surface area contributed by atoms with E-state index in [9.17, 15) is 0 Å². The van der Waals surface area contributed by atoms with Crippen molar-refractivity contribution in [1.29, 1.82) is 0 Å². The summed E-state index contributed by atoms with van der Waals surface area (Å²) in [4.78, 5) is 12.8. The number of aromatic nitrogens is 2. The maximum absolute atomic E-state index is 6.27. The molecule has 23 heavy (non-hydrogen) atoms. The summed E-state index contributed by atoms with van der Waals surface area (Å²) in [6.07, 6.45) is 2.94. The van der Waals surface area contributed by atoms with Gasteiger partial charge in [-0.25, -0.2) is 9.97 Å². The van der Waals surface area contributed by atoms with Crippen molar-refractivity contribution in [3.63, 3.8) is 0 Å². The predicted molar refractivity (Wildman–Crippen MR) is 94.6 cm³/mol. The maximum atomic E-state index is 6.27. The summed E-state index contributed by atoms with van der Waals surface area (Å²) >= 11 is 7.95. The molecule has 1 aromatic carbocycles. The third-order valence-electron chi connectivity index (χ3n) is 4.11. The molecule has 0 saturated heterocycles. The Balaban J connectivity index is 1.53. The van der Waals surface area contributed by atoms with Crippen molar-refractivity contribution < 1.29 is 0 Å². The summed E-state index contributed by atoms with van der Waals surface area (Å²) in [7, 11) is 0. The lowest BCUT2D eigenvalue weighted by Crippen LogP contribution is -2.31. The van der Waals surface area contributed by atoms with E-state index >= 15 is 0 Å². The van der Waals surface area contributed by atoms with Gasteiger partial charge >= 0.3 is 0 Å². The van der Waals surface area contributed by atoms with Gasteiger partial charge in [0.25, 0.3) is 0 Å². The van der Waals surface area contributed by atoms with Crippen LogP contribution < -0.4 is 0 Å². The summed E-state index contributed by atoms with van der Waals surface area (Å²) in [6.45, 7) is 2.75. The average molecular weight is 342 g/mol. The molecule has 0 aliphatic carbocycles. The Kier molecular flexibility index (Phi) is 4.12. The monoisotopic (exact) mass is 341 g/mol. The number of halogens is 1. The van der Waals surface area contributed by atoms with Crippen LogP contribution in [0, 0.1) is 0 Å². The van der Waals surface area contributed by atoms with E-state index in [1.807, 2.05) is 30.5 Å². The smallest absolute Gasteiger partial charge is 0.169 e. The third-order valence-corrected chi connectivity index (χ3v) is 5.34. The molecule has 0 N–H and O–H groups in total. The van der Waals surface area contributed by atoms with Gasteiger partial charge in [-0.1, -0.05) is 35.9 Å². The molecule has 1 aliphatic heterocycles. The summed E-state index contributed by atoms with van der Waals surface area (Å²) in [5, 5.41) is 2.89. The molecule has 4 rings (SSSR count). The lowest BCUT2D eigenvalue weighted by atomic mass is 10.1.